The average Bonchev–Trinajstić information content (AvgIpc) is 2.81. The second-order valence-electron chi connectivity index (χ2n) is 9.21. The maximum absolute atomic E-state index is 6.68. The highest BCUT2D eigenvalue weighted by Gasteiger charge is 2.21. The van der Waals surface area contributed by atoms with Crippen LogP contribution in [0.3, 0.4) is 0 Å². The first-order valence-corrected chi connectivity index (χ1v) is 12.4. The van der Waals surface area contributed by atoms with E-state index in [1.807, 2.05) is 6.20 Å². The van der Waals surface area contributed by atoms with Crippen molar-refractivity contribution in [1.29, 1.82) is 0 Å². The summed E-state index contributed by atoms with van der Waals surface area (Å²) in [4.78, 5) is 9.28. The highest BCUT2D eigenvalue weighted by Crippen LogP contribution is 2.37. The number of aromatic nitrogens is 2. The number of nitrogens with two attached hydrogens (primary N) is 1. The molecule has 2 aliphatic rings. The van der Waals surface area contributed by atoms with Gasteiger partial charge in [-0.15, -0.1) is 0 Å². The van der Waals surface area contributed by atoms with Crippen LogP contribution in [0.25, 0.3) is 11.1 Å². The molecule has 1 saturated carbocycles. The van der Waals surface area contributed by atoms with E-state index in [0.29, 0.717) is 23.0 Å². The molecule has 0 radical (unpaired) electrons. The molecule has 0 amide bonds. The molecule has 0 unspecified atom stereocenters. The number of hydrogen-bond acceptors (Lipinski definition) is 6. The van der Waals surface area contributed by atoms with Gasteiger partial charge in [0.15, 0.2) is 0 Å². The maximum atomic E-state index is 6.68. The first-order chi connectivity index (χ1) is 15.5. The Hall–Kier alpha value is -1.89. The van der Waals surface area contributed by atoms with Crippen LogP contribution in [0.1, 0.15) is 56.7 Å². The molecular weight excluding hydrogens is 422 g/mol. The molecule has 2 aromatic rings. The molecular formula is C25H36ClN5O. The lowest BCUT2D eigenvalue weighted by Crippen LogP contribution is -2.33. The van der Waals surface area contributed by atoms with E-state index >= 15 is 0 Å². The van der Waals surface area contributed by atoms with Gasteiger partial charge in [-0.05, 0) is 69.4 Å². The number of rotatable bonds is 7. The van der Waals surface area contributed by atoms with Gasteiger partial charge < -0.3 is 21.1 Å². The standard InChI is InChI=1S/C25H36ClN5O/c1-3-20-23(29-13-17-8-10-32-11-9-17)15-28-16(2)25(20)21-12-24(30-14-22(21)26)31-19-6-4-18(27)5-7-19/h12,14-15,17-19,29H,3-11,13,27H2,1-2H3,(H,30,31). The number of ether oxygens (including phenoxy) is 1. The summed E-state index contributed by atoms with van der Waals surface area (Å²) in [5.74, 6) is 1.51. The molecule has 174 valence electrons. The van der Waals surface area contributed by atoms with Crippen molar-refractivity contribution in [3.05, 3.63) is 34.7 Å². The summed E-state index contributed by atoms with van der Waals surface area (Å²) in [5, 5.41) is 7.93. The highest BCUT2D eigenvalue weighted by molar-refractivity contribution is 6.33. The number of pyridine rings is 2. The van der Waals surface area contributed by atoms with Crippen molar-refractivity contribution >= 4 is 23.1 Å². The van der Waals surface area contributed by atoms with Gasteiger partial charge in [-0.25, -0.2) is 4.98 Å². The second kappa shape index (κ2) is 10.8. The summed E-state index contributed by atoms with van der Waals surface area (Å²) < 4.78 is 5.50. The molecule has 4 N–H and O–H groups in total. The predicted molar refractivity (Wildman–Crippen MR) is 132 cm³/mol. The normalized spacial score (nSPS) is 22.0. The van der Waals surface area contributed by atoms with Crippen LogP contribution in [-0.4, -0.2) is 41.8 Å². The third-order valence-electron chi connectivity index (χ3n) is 6.90. The molecule has 4 rings (SSSR count). The molecule has 2 aromatic heterocycles. The Morgan fingerprint density at radius 1 is 1.09 bits per heavy atom. The van der Waals surface area contributed by atoms with E-state index in [2.05, 4.69) is 35.5 Å². The lowest BCUT2D eigenvalue weighted by atomic mass is 9.91. The Balaban J connectivity index is 1.58. The zero-order valence-electron chi connectivity index (χ0n) is 19.3. The van der Waals surface area contributed by atoms with Crippen LogP contribution in [0, 0.1) is 12.8 Å². The second-order valence-corrected chi connectivity index (χ2v) is 9.61. The fourth-order valence-electron chi connectivity index (χ4n) is 4.92. The fourth-order valence-corrected chi connectivity index (χ4v) is 5.12. The van der Waals surface area contributed by atoms with E-state index in [4.69, 9.17) is 27.1 Å². The smallest absolute Gasteiger partial charge is 0.126 e. The van der Waals surface area contributed by atoms with Gasteiger partial charge in [0.1, 0.15) is 5.82 Å². The van der Waals surface area contributed by atoms with Crippen LogP contribution < -0.4 is 16.4 Å². The minimum Gasteiger partial charge on any atom is -0.383 e. The van der Waals surface area contributed by atoms with E-state index < -0.39 is 0 Å². The Morgan fingerprint density at radius 3 is 2.56 bits per heavy atom. The van der Waals surface area contributed by atoms with Crippen molar-refractivity contribution < 1.29 is 4.74 Å². The van der Waals surface area contributed by atoms with Crippen molar-refractivity contribution in [1.82, 2.24) is 9.97 Å². The van der Waals surface area contributed by atoms with Gasteiger partial charge >= 0.3 is 0 Å². The van der Waals surface area contributed by atoms with E-state index in [9.17, 15) is 0 Å². The van der Waals surface area contributed by atoms with E-state index in [1.54, 1.807) is 6.20 Å². The topological polar surface area (TPSA) is 85.1 Å². The van der Waals surface area contributed by atoms with Crippen LogP contribution in [0.5, 0.6) is 0 Å². The molecule has 2 fully saturated rings. The van der Waals surface area contributed by atoms with E-state index in [-0.39, 0.29) is 0 Å². The molecule has 1 aliphatic carbocycles. The van der Waals surface area contributed by atoms with Gasteiger partial charge in [0.2, 0.25) is 0 Å². The third-order valence-corrected chi connectivity index (χ3v) is 7.20. The number of nitrogens with one attached hydrogen (secondary N) is 2. The number of aryl methyl sites for hydroxylation is 1. The molecule has 7 heteroatoms. The van der Waals surface area contributed by atoms with Crippen LogP contribution in [-0.2, 0) is 11.2 Å². The van der Waals surface area contributed by atoms with Gasteiger partial charge in [0.05, 0.1) is 16.9 Å². The number of hydrogen-bond donors (Lipinski definition) is 3. The zero-order chi connectivity index (χ0) is 22.5. The molecule has 0 spiro atoms. The monoisotopic (exact) mass is 457 g/mol. The minimum absolute atomic E-state index is 0.332. The van der Waals surface area contributed by atoms with Gasteiger partial charge in [-0.1, -0.05) is 18.5 Å². The fraction of sp³-hybridized carbons (Fsp3) is 0.600. The molecule has 1 saturated heterocycles. The Morgan fingerprint density at radius 2 is 1.84 bits per heavy atom. The Labute approximate surface area is 196 Å². The summed E-state index contributed by atoms with van der Waals surface area (Å²) in [7, 11) is 0. The molecule has 1 aliphatic heterocycles. The number of halogens is 1. The Kier molecular flexibility index (Phi) is 7.87. The molecule has 32 heavy (non-hydrogen) atoms. The van der Waals surface area contributed by atoms with E-state index in [1.165, 1.54) is 5.56 Å². The summed E-state index contributed by atoms with van der Waals surface area (Å²) in [6.45, 7) is 6.92. The first kappa shape index (κ1) is 23.3. The summed E-state index contributed by atoms with van der Waals surface area (Å²) >= 11 is 6.68. The SMILES string of the molecule is CCc1c(NCC2CCOCC2)cnc(C)c1-c1cc(NC2CCC(N)CC2)ncc1Cl. The van der Waals surface area contributed by atoms with Crippen molar-refractivity contribution in [2.24, 2.45) is 11.7 Å². The molecule has 0 aromatic carbocycles. The van der Waals surface area contributed by atoms with Gasteiger partial charge in [-0.3, -0.25) is 4.98 Å². The number of nitrogens with zero attached hydrogens (tertiary/aromatic N) is 2. The lowest BCUT2D eigenvalue weighted by Gasteiger charge is -2.27. The third kappa shape index (κ3) is 5.53. The van der Waals surface area contributed by atoms with Gasteiger partial charge in [0, 0.05) is 54.9 Å². The van der Waals surface area contributed by atoms with E-state index in [0.717, 1.165) is 93.0 Å². The quantitative estimate of drug-likeness (QED) is 0.530. The molecule has 3 heterocycles. The van der Waals surface area contributed by atoms with Crippen LogP contribution in [0.15, 0.2) is 18.5 Å². The largest absolute Gasteiger partial charge is 0.383 e. The van der Waals surface area contributed by atoms with Crippen molar-refractivity contribution in [2.45, 2.75) is 70.9 Å². The highest BCUT2D eigenvalue weighted by atomic mass is 35.5. The van der Waals surface area contributed by atoms with Gasteiger partial charge in [-0.2, -0.15) is 0 Å². The maximum Gasteiger partial charge on any atom is 0.126 e. The van der Waals surface area contributed by atoms with Crippen molar-refractivity contribution in [3.8, 4) is 11.1 Å². The zero-order valence-corrected chi connectivity index (χ0v) is 20.0. The first-order valence-electron chi connectivity index (χ1n) is 12.0. The molecule has 0 bridgehead atoms. The molecule has 0 atom stereocenters. The van der Waals surface area contributed by atoms with Gasteiger partial charge in [0.25, 0.3) is 0 Å². The number of anilines is 2. The summed E-state index contributed by atoms with van der Waals surface area (Å²) in [6, 6.07) is 2.83. The van der Waals surface area contributed by atoms with Crippen LogP contribution in [0.2, 0.25) is 5.02 Å². The Bertz CT molecular complexity index is 907. The minimum atomic E-state index is 0.332. The summed E-state index contributed by atoms with van der Waals surface area (Å²) in [5.41, 5.74) is 11.5. The average molecular weight is 458 g/mol. The van der Waals surface area contributed by atoms with Crippen molar-refractivity contribution in [3.63, 3.8) is 0 Å². The van der Waals surface area contributed by atoms with Crippen molar-refractivity contribution in [2.75, 3.05) is 30.4 Å². The summed E-state index contributed by atoms with van der Waals surface area (Å²) in [6.07, 6.45) is 11.1. The lowest BCUT2D eigenvalue weighted by molar-refractivity contribution is 0.0699. The predicted octanol–water partition coefficient (Wildman–Crippen LogP) is 5.19. The van der Waals surface area contributed by atoms with Crippen LogP contribution in [0.4, 0.5) is 11.5 Å². The molecule has 6 nitrogen and oxygen atoms in total. The van der Waals surface area contributed by atoms with Crippen LogP contribution >= 0.6 is 11.6 Å².